The summed E-state index contributed by atoms with van der Waals surface area (Å²) >= 11 is 3.58. The van der Waals surface area contributed by atoms with Crippen LogP contribution in [0, 0.1) is 6.92 Å². The van der Waals surface area contributed by atoms with E-state index in [0.717, 1.165) is 10.9 Å². The summed E-state index contributed by atoms with van der Waals surface area (Å²) in [6, 6.07) is 25.9. The molecule has 1 N–H and O–H groups in total. The number of nitrogens with one attached hydrogen (secondary N) is 1. The lowest BCUT2D eigenvalue weighted by molar-refractivity contribution is 1.20. The topological polar surface area (TPSA) is 15.8 Å². The van der Waals surface area contributed by atoms with Crippen molar-refractivity contribution in [1.29, 1.82) is 0 Å². The van der Waals surface area contributed by atoms with Crippen LogP contribution in [0.25, 0.3) is 22.2 Å². The SMILES string of the molecule is Cc1ccc(Cc2c(-c3ccccc3)[nH]c3cc(Br)ccc23)cc1. The molecule has 0 atom stereocenters. The highest BCUT2D eigenvalue weighted by Gasteiger charge is 2.13. The molecule has 118 valence electrons. The molecule has 0 unspecified atom stereocenters. The molecule has 0 saturated heterocycles. The van der Waals surface area contributed by atoms with Gasteiger partial charge in [-0.15, -0.1) is 0 Å². The molecule has 0 fully saturated rings. The number of hydrogen-bond acceptors (Lipinski definition) is 0. The lowest BCUT2D eigenvalue weighted by Gasteiger charge is -2.06. The van der Waals surface area contributed by atoms with Crippen molar-refractivity contribution in [2.45, 2.75) is 13.3 Å². The number of aryl methyl sites for hydroxylation is 1. The normalized spacial score (nSPS) is 11.1. The van der Waals surface area contributed by atoms with Gasteiger partial charge < -0.3 is 4.98 Å². The second-order valence-electron chi connectivity index (χ2n) is 6.20. The van der Waals surface area contributed by atoms with Crippen LogP contribution < -0.4 is 0 Å². The quantitative estimate of drug-likeness (QED) is 0.420. The largest absolute Gasteiger partial charge is 0.354 e. The Morgan fingerprint density at radius 1 is 0.875 bits per heavy atom. The first-order valence-electron chi connectivity index (χ1n) is 8.12. The van der Waals surface area contributed by atoms with Crippen molar-refractivity contribution in [3.63, 3.8) is 0 Å². The Labute approximate surface area is 150 Å². The van der Waals surface area contributed by atoms with Crippen LogP contribution in [0.5, 0.6) is 0 Å². The highest BCUT2D eigenvalue weighted by atomic mass is 79.9. The highest BCUT2D eigenvalue weighted by Crippen LogP contribution is 2.33. The van der Waals surface area contributed by atoms with Gasteiger partial charge in [-0.2, -0.15) is 0 Å². The molecule has 1 heterocycles. The average molecular weight is 376 g/mol. The molecule has 0 bridgehead atoms. The Balaban J connectivity index is 1.89. The predicted octanol–water partition coefficient (Wildman–Crippen LogP) is 6.50. The predicted molar refractivity (Wildman–Crippen MR) is 105 cm³/mol. The average Bonchev–Trinajstić information content (AvgIpc) is 2.95. The van der Waals surface area contributed by atoms with E-state index in [-0.39, 0.29) is 0 Å². The number of benzene rings is 3. The summed E-state index contributed by atoms with van der Waals surface area (Å²) in [6.45, 7) is 2.13. The maximum absolute atomic E-state index is 3.62. The third-order valence-corrected chi connectivity index (χ3v) is 4.93. The second-order valence-corrected chi connectivity index (χ2v) is 7.11. The summed E-state index contributed by atoms with van der Waals surface area (Å²) in [6.07, 6.45) is 0.923. The minimum absolute atomic E-state index is 0.923. The van der Waals surface area contributed by atoms with Crippen LogP contribution in [0.4, 0.5) is 0 Å². The van der Waals surface area contributed by atoms with Gasteiger partial charge in [-0.1, -0.05) is 82.2 Å². The first kappa shape index (κ1) is 15.2. The van der Waals surface area contributed by atoms with Crippen molar-refractivity contribution in [3.8, 4) is 11.3 Å². The van der Waals surface area contributed by atoms with Crippen LogP contribution in [0.1, 0.15) is 16.7 Å². The first-order chi connectivity index (χ1) is 11.7. The second kappa shape index (κ2) is 6.29. The summed E-state index contributed by atoms with van der Waals surface area (Å²) in [4.78, 5) is 3.62. The van der Waals surface area contributed by atoms with E-state index in [4.69, 9.17) is 0 Å². The molecule has 4 rings (SSSR count). The number of rotatable bonds is 3. The Morgan fingerprint density at radius 3 is 2.38 bits per heavy atom. The number of fused-ring (bicyclic) bond motifs is 1. The van der Waals surface area contributed by atoms with E-state index in [1.807, 2.05) is 0 Å². The maximum Gasteiger partial charge on any atom is 0.0500 e. The van der Waals surface area contributed by atoms with E-state index in [1.165, 1.54) is 38.9 Å². The van der Waals surface area contributed by atoms with Crippen molar-refractivity contribution in [2.75, 3.05) is 0 Å². The van der Waals surface area contributed by atoms with Gasteiger partial charge in [0, 0.05) is 21.8 Å². The molecule has 0 aliphatic heterocycles. The van der Waals surface area contributed by atoms with Gasteiger partial charge in [0.25, 0.3) is 0 Å². The van der Waals surface area contributed by atoms with Crippen LogP contribution in [-0.2, 0) is 6.42 Å². The smallest absolute Gasteiger partial charge is 0.0500 e. The summed E-state index contributed by atoms with van der Waals surface area (Å²) < 4.78 is 1.10. The number of H-pyrrole nitrogens is 1. The van der Waals surface area contributed by atoms with Crippen LogP contribution >= 0.6 is 15.9 Å². The molecule has 0 amide bonds. The first-order valence-corrected chi connectivity index (χ1v) is 8.91. The molecule has 1 nitrogen and oxygen atoms in total. The molecule has 2 heteroatoms. The lowest BCUT2D eigenvalue weighted by Crippen LogP contribution is -1.91. The van der Waals surface area contributed by atoms with Crippen LogP contribution in [0.2, 0.25) is 0 Å². The van der Waals surface area contributed by atoms with Gasteiger partial charge in [-0.3, -0.25) is 0 Å². The molecule has 0 aliphatic carbocycles. The zero-order valence-electron chi connectivity index (χ0n) is 13.5. The molecule has 0 radical (unpaired) electrons. The van der Waals surface area contributed by atoms with Gasteiger partial charge >= 0.3 is 0 Å². The molecule has 0 spiro atoms. The van der Waals surface area contributed by atoms with Crippen molar-refractivity contribution in [1.82, 2.24) is 4.98 Å². The molecule has 3 aromatic carbocycles. The van der Waals surface area contributed by atoms with Crippen molar-refractivity contribution >= 4 is 26.8 Å². The molecule has 1 aromatic heterocycles. The van der Waals surface area contributed by atoms with Gasteiger partial charge in [-0.25, -0.2) is 0 Å². The number of hydrogen-bond donors (Lipinski definition) is 1. The highest BCUT2D eigenvalue weighted by molar-refractivity contribution is 9.10. The van der Waals surface area contributed by atoms with Crippen molar-refractivity contribution in [2.24, 2.45) is 0 Å². The monoisotopic (exact) mass is 375 g/mol. The van der Waals surface area contributed by atoms with E-state index in [0.29, 0.717) is 0 Å². The van der Waals surface area contributed by atoms with Crippen LogP contribution in [0.3, 0.4) is 0 Å². The van der Waals surface area contributed by atoms with Crippen LogP contribution in [-0.4, -0.2) is 4.98 Å². The summed E-state index contributed by atoms with van der Waals surface area (Å²) in [5, 5.41) is 1.29. The van der Waals surface area contributed by atoms with E-state index < -0.39 is 0 Å². The molecule has 0 aliphatic rings. The lowest BCUT2D eigenvalue weighted by atomic mass is 9.98. The molecular weight excluding hydrogens is 358 g/mol. The number of aromatic amines is 1. The summed E-state index contributed by atoms with van der Waals surface area (Å²) in [5.41, 5.74) is 7.60. The van der Waals surface area contributed by atoms with E-state index in [2.05, 4.69) is 101 Å². The Hall–Kier alpha value is -2.32. The van der Waals surface area contributed by atoms with Crippen LogP contribution in [0.15, 0.2) is 77.3 Å². The molecule has 24 heavy (non-hydrogen) atoms. The standard InChI is InChI=1S/C22H18BrN/c1-15-7-9-16(10-8-15)13-20-19-12-11-18(23)14-21(19)24-22(20)17-5-3-2-4-6-17/h2-12,14,24H,13H2,1H3. The number of halogens is 1. The van der Waals surface area contributed by atoms with Gasteiger partial charge in [-0.05, 0) is 35.7 Å². The maximum atomic E-state index is 3.62. The van der Waals surface area contributed by atoms with E-state index >= 15 is 0 Å². The molecule has 0 saturated carbocycles. The minimum Gasteiger partial charge on any atom is -0.354 e. The fraction of sp³-hybridized carbons (Fsp3) is 0.0909. The summed E-state index contributed by atoms with van der Waals surface area (Å²) in [7, 11) is 0. The number of aromatic nitrogens is 1. The fourth-order valence-corrected chi connectivity index (χ4v) is 3.53. The van der Waals surface area contributed by atoms with Crippen molar-refractivity contribution in [3.05, 3.63) is 94.0 Å². The Morgan fingerprint density at radius 2 is 1.62 bits per heavy atom. The summed E-state index contributed by atoms with van der Waals surface area (Å²) in [5.74, 6) is 0. The Bertz CT molecular complexity index is 982. The van der Waals surface area contributed by atoms with E-state index in [9.17, 15) is 0 Å². The van der Waals surface area contributed by atoms with Gasteiger partial charge in [0.05, 0.1) is 5.69 Å². The van der Waals surface area contributed by atoms with Gasteiger partial charge in [0.2, 0.25) is 0 Å². The zero-order chi connectivity index (χ0) is 16.5. The zero-order valence-corrected chi connectivity index (χ0v) is 15.1. The molecular formula is C22H18BrN. The van der Waals surface area contributed by atoms with Gasteiger partial charge in [0.1, 0.15) is 0 Å². The molecule has 4 aromatic rings. The Kier molecular flexibility index (Phi) is 3.99. The third kappa shape index (κ3) is 2.90. The third-order valence-electron chi connectivity index (χ3n) is 4.43. The fourth-order valence-electron chi connectivity index (χ4n) is 3.17. The van der Waals surface area contributed by atoms with Gasteiger partial charge in [0.15, 0.2) is 0 Å². The van der Waals surface area contributed by atoms with E-state index in [1.54, 1.807) is 0 Å². The van der Waals surface area contributed by atoms with Crippen molar-refractivity contribution < 1.29 is 0 Å². The minimum atomic E-state index is 0.923.